The van der Waals surface area contributed by atoms with Crippen LogP contribution in [0.15, 0.2) is 6.20 Å². The first-order valence-electron chi connectivity index (χ1n) is 6.77. The summed E-state index contributed by atoms with van der Waals surface area (Å²) in [7, 11) is 1.67. The van der Waals surface area contributed by atoms with Crippen LogP contribution in [-0.4, -0.2) is 58.9 Å². The number of hydrogen-bond donors (Lipinski definition) is 3. The highest BCUT2D eigenvalue weighted by molar-refractivity contribution is 5.84. The first-order chi connectivity index (χ1) is 10.1. The molecule has 0 aromatic carbocycles. The fraction of sp³-hybridized carbons (Fsp3) is 0.667. The number of nitrogens with one attached hydrogen (secondary N) is 2. The van der Waals surface area contributed by atoms with Gasteiger partial charge in [0.15, 0.2) is 5.69 Å². The fourth-order valence-corrected chi connectivity index (χ4v) is 1.60. The van der Waals surface area contributed by atoms with E-state index in [2.05, 4.69) is 20.9 Å². The Labute approximate surface area is 122 Å². The number of carbonyl (C=O) groups excluding carboxylic acids is 1. The van der Waals surface area contributed by atoms with E-state index in [9.17, 15) is 9.59 Å². The summed E-state index contributed by atoms with van der Waals surface area (Å²) >= 11 is 0. The number of nitrogens with zero attached hydrogens (tertiary/aromatic N) is 3. The van der Waals surface area contributed by atoms with Gasteiger partial charge in [-0.3, -0.25) is 0 Å². The van der Waals surface area contributed by atoms with Crippen LogP contribution >= 0.6 is 0 Å². The van der Waals surface area contributed by atoms with E-state index in [0.29, 0.717) is 19.6 Å². The molecule has 2 amide bonds. The maximum atomic E-state index is 11.4. The van der Waals surface area contributed by atoms with Gasteiger partial charge in [0.1, 0.15) is 0 Å². The average Bonchev–Trinajstić information content (AvgIpc) is 2.92. The third-order valence-electron chi connectivity index (χ3n) is 2.70. The summed E-state index contributed by atoms with van der Waals surface area (Å²) in [5.41, 5.74) is -0.115. The van der Waals surface area contributed by atoms with Crippen molar-refractivity contribution in [2.75, 3.05) is 26.8 Å². The van der Waals surface area contributed by atoms with Crippen LogP contribution in [0, 0.1) is 0 Å². The summed E-state index contributed by atoms with van der Waals surface area (Å²) < 4.78 is 6.30. The van der Waals surface area contributed by atoms with Crippen molar-refractivity contribution < 1.29 is 19.4 Å². The molecule has 0 aliphatic rings. The molecule has 1 aromatic heterocycles. The number of carbonyl (C=O) groups is 2. The summed E-state index contributed by atoms with van der Waals surface area (Å²) in [5.74, 6) is -1.12. The molecule has 0 fully saturated rings. The number of hydrogen-bond acceptors (Lipinski definition) is 5. The van der Waals surface area contributed by atoms with Crippen LogP contribution in [0.3, 0.4) is 0 Å². The SMILES string of the molecule is COCCCCCNC(=O)NCCn1cc(C(=O)O)nn1. The van der Waals surface area contributed by atoms with Gasteiger partial charge in [-0.1, -0.05) is 5.21 Å². The van der Waals surface area contributed by atoms with Crippen molar-refractivity contribution in [3.63, 3.8) is 0 Å². The number of rotatable bonds is 10. The normalized spacial score (nSPS) is 10.3. The predicted octanol–water partition coefficient (Wildman–Crippen LogP) is 0.0922. The zero-order valence-electron chi connectivity index (χ0n) is 12.0. The monoisotopic (exact) mass is 299 g/mol. The summed E-state index contributed by atoms with van der Waals surface area (Å²) in [5, 5.41) is 21.2. The summed E-state index contributed by atoms with van der Waals surface area (Å²) in [6, 6.07) is -0.250. The molecule has 118 valence electrons. The number of methoxy groups -OCH3 is 1. The molecule has 1 heterocycles. The molecular formula is C12H21N5O4. The Kier molecular flexibility index (Phi) is 7.80. The molecule has 9 heteroatoms. The van der Waals surface area contributed by atoms with Crippen molar-refractivity contribution in [2.24, 2.45) is 0 Å². The molecule has 1 aromatic rings. The van der Waals surface area contributed by atoms with Crippen molar-refractivity contribution in [3.05, 3.63) is 11.9 Å². The number of aromatic carboxylic acids is 1. The van der Waals surface area contributed by atoms with Crippen LogP contribution in [0.25, 0.3) is 0 Å². The molecule has 0 saturated carbocycles. The first kappa shape index (κ1) is 16.9. The van der Waals surface area contributed by atoms with E-state index in [-0.39, 0.29) is 11.7 Å². The molecule has 0 bridgehead atoms. The smallest absolute Gasteiger partial charge is 0.358 e. The second kappa shape index (κ2) is 9.70. The van der Waals surface area contributed by atoms with Gasteiger partial charge < -0.3 is 20.5 Å². The largest absolute Gasteiger partial charge is 0.476 e. The average molecular weight is 299 g/mol. The van der Waals surface area contributed by atoms with E-state index in [1.165, 1.54) is 10.9 Å². The lowest BCUT2D eigenvalue weighted by atomic mass is 10.2. The number of unbranched alkanes of at least 4 members (excludes halogenated alkanes) is 2. The van der Waals surface area contributed by atoms with Gasteiger partial charge in [0.05, 0.1) is 12.7 Å². The van der Waals surface area contributed by atoms with E-state index in [1.54, 1.807) is 7.11 Å². The van der Waals surface area contributed by atoms with E-state index >= 15 is 0 Å². The van der Waals surface area contributed by atoms with Crippen LogP contribution in [0.5, 0.6) is 0 Å². The van der Waals surface area contributed by atoms with Crippen LogP contribution in [0.1, 0.15) is 29.8 Å². The van der Waals surface area contributed by atoms with Gasteiger partial charge in [0.2, 0.25) is 0 Å². The molecule has 0 unspecified atom stereocenters. The maximum absolute atomic E-state index is 11.4. The maximum Gasteiger partial charge on any atom is 0.358 e. The number of carboxylic acids is 1. The molecule has 1 rings (SSSR count). The second-order valence-electron chi connectivity index (χ2n) is 4.41. The van der Waals surface area contributed by atoms with E-state index < -0.39 is 5.97 Å². The van der Waals surface area contributed by atoms with Crippen molar-refractivity contribution in [2.45, 2.75) is 25.8 Å². The Balaban J connectivity index is 2.06. The van der Waals surface area contributed by atoms with Crippen molar-refractivity contribution in [1.82, 2.24) is 25.6 Å². The van der Waals surface area contributed by atoms with E-state index in [0.717, 1.165) is 25.9 Å². The molecule has 9 nitrogen and oxygen atoms in total. The van der Waals surface area contributed by atoms with Gasteiger partial charge >= 0.3 is 12.0 Å². The molecule has 0 radical (unpaired) electrons. The van der Waals surface area contributed by atoms with Crippen molar-refractivity contribution in [3.8, 4) is 0 Å². The van der Waals surface area contributed by atoms with Crippen molar-refractivity contribution in [1.29, 1.82) is 0 Å². The van der Waals surface area contributed by atoms with Crippen molar-refractivity contribution >= 4 is 12.0 Å². The van der Waals surface area contributed by atoms with E-state index in [4.69, 9.17) is 9.84 Å². The minimum absolute atomic E-state index is 0.115. The van der Waals surface area contributed by atoms with Gasteiger partial charge in [0, 0.05) is 26.8 Å². The van der Waals surface area contributed by atoms with Gasteiger partial charge in [-0.25, -0.2) is 14.3 Å². The molecule has 0 aliphatic carbocycles. The minimum atomic E-state index is -1.12. The fourth-order valence-electron chi connectivity index (χ4n) is 1.60. The Bertz CT molecular complexity index is 449. The molecule has 3 N–H and O–H groups in total. The first-order valence-corrected chi connectivity index (χ1v) is 6.77. The predicted molar refractivity (Wildman–Crippen MR) is 74.1 cm³/mol. The summed E-state index contributed by atoms with van der Waals surface area (Å²) in [6.45, 7) is 2.06. The van der Waals surface area contributed by atoms with E-state index in [1.807, 2.05) is 0 Å². The number of urea groups is 1. The number of ether oxygens (including phenoxy) is 1. The minimum Gasteiger partial charge on any atom is -0.476 e. The molecule has 0 spiro atoms. The highest BCUT2D eigenvalue weighted by atomic mass is 16.5. The third kappa shape index (κ3) is 7.25. The Morgan fingerprint density at radius 2 is 2.05 bits per heavy atom. The van der Waals surface area contributed by atoms with Gasteiger partial charge in [-0.2, -0.15) is 0 Å². The van der Waals surface area contributed by atoms with Gasteiger partial charge in [-0.15, -0.1) is 5.10 Å². The highest BCUT2D eigenvalue weighted by Crippen LogP contribution is 1.94. The van der Waals surface area contributed by atoms with Crippen LogP contribution in [-0.2, 0) is 11.3 Å². The van der Waals surface area contributed by atoms with Gasteiger partial charge in [0.25, 0.3) is 0 Å². The second-order valence-corrected chi connectivity index (χ2v) is 4.41. The molecule has 0 aliphatic heterocycles. The Morgan fingerprint density at radius 1 is 1.29 bits per heavy atom. The topological polar surface area (TPSA) is 118 Å². The molecule has 21 heavy (non-hydrogen) atoms. The Hall–Kier alpha value is -2.16. The van der Waals surface area contributed by atoms with Gasteiger partial charge in [-0.05, 0) is 19.3 Å². The zero-order valence-corrected chi connectivity index (χ0v) is 12.0. The molecule has 0 saturated heterocycles. The van der Waals surface area contributed by atoms with Crippen LogP contribution in [0.4, 0.5) is 4.79 Å². The number of amides is 2. The van der Waals surface area contributed by atoms with Crippen LogP contribution in [0.2, 0.25) is 0 Å². The molecular weight excluding hydrogens is 278 g/mol. The quantitative estimate of drug-likeness (QED) is 0.527. The molecule has 0 atom stereocenters. The summed E-state index contributed by atoms with van der Waals surface area (Å²) in [4.78, 5) is 22.1. The lowest BCUT2D eigenvalue weighted by Gasteiger charge is -2.07. The third-order valence-corrected chi connectivity index (χ3v) is 2.70. The number of carboxylic acid groups (broad SMARTS) is 1. The lowest BCUT2D eigenvalue weighted by molar-refractivity contribution is 0.0690. The Morgan fingerprint density at radius 3 is 2.71 bits per heavy atom. The van der Waals surface area contributed by atoms with Crippen LogP contribution < -0.4 is 10.6 Å². The highest BCUT2D eigenvalue weighted by Gasteiger charge is 2.07. The summed E-state index contributed by atoms with van der Waals surface area (Å²) in [6.07, 6.45) is 4.21. The zero-order chi connectivity index (χ0) is 15.5. The lowest BCUT2D eigenvalue weighted by Crippen LogP contribution is -2.37. The number of aromatic nitrogens is 3. The standard InChI is InChI=1S/C12H21N5O4/c1-21-8-4-2-3-5-13-12(20)14-6-7-17-9-10(11(18)19)15-16-17/h9H,2-8H2,1H3,(H,18,19)(H2,13,14,20).